The van der Waals surface area contributed by atoms with Crippen LogP contribution in [0.3, 0.4) is 0 Å². The van der Waals surface area contributed by atoms with Gasteiger partial charge in [0.1, 0.15) is 5.82 Å². The van der Waals surface area contributed by atoms with E-state index in [1.807, 2.05) is 0 Å². The Morgan fingerprint density at radius 1 is 0.933 bits per heavy atom. The molecule has 1 N–H and O–H groups in total. The van der Waals surface area contributed by atoms with Crippen molar-refractivity contribution in [1.82, 2.24) is 9.78 Å². The third kappa shape index (κ3) is 4.03. The van der Waals surface area contributed by atoms with Crippen LogP contribution in [0, 0.1) is 5.82 Å². The minimum atomic E-state index is -4.39. The summed E-state index contributed by atoms with van der Waals surface area (Å²) >= 11 is 0. The Morgan fingerprint density at radius 2 is 1.60 bits per heavy atom. The second-order valence-corrected chi connectivity index (χ2v) is 6.68. The molecule has 0 aliphatic carbocycles. The van der Waals surface area contributed by atoms with Crippen LogP contribution in [0.25, 0.3) is 10.9 Å². The number of carbonyl (C=O) groups is 1. The summed E-state index contributed by atoms with van der Waals surface area (Å²) in [6, 6.07) is 17.2. The fourth-order valence-electron chi connectivity index (χ4n) is 3.09. The Labute approximate surface area is 168 Å². The van der Waals surface area contributed by atoms with E-state index in [0.717, 1.165) is 12.1 Å². The third-order valence-electron chi connectivity index (χ3n) is 4.61. The standard InChI is InChI=1S/C22H15F4N3O/c23-17-11-7-15(8-12-17)21(30)27-20-18-3-1-2-4-19(18)29(28-20)13-14-5-9-16(10-6-14)22(24,25)26/h1-12H,13H2,(H,27,28,30). The van der Waals surface area contributed by atoms with Gasteiger partial charge in [0.15, 0.2) is 5.82 Å². The Balaban J connectivity index is 1.62. The molecule has 4 aromatic rings. The predicted molar refractivity (Wildman–Crippen MR) is 105 cm³/mol. The predicted octanol–water partition coefficient (Wildman–Crippen LogP) is 5.49. The zero-order valence-corrected chi connectivity index (χ0v) is 15.4. The molecule has 0 saturated heterocycles. The zero-order chi connectivity index (χ0) is 21.3. The maximum absolute atomic E-state index is 13.1. The molecule has 0 radical (unpaired) electrons. The van der Waals surface area contributed by atoms with Crippen molar-refractivity contribution in [1.29, 1.82) is 0 Å². The van der Waals surface area contributed by atoms with Crippen LogP contribution in [0.2, 0.25) is 0 Å². The number of carbonyl (C=O) groups excluding carboxylic acids is 1. The molecule has 152 valence electrons. The van der Waals surface area contributed by atoms with E-state index in [1.54, 1.807) is 28.9 Å². The van der Waals surface area contributed by atoms with Crippen molar-refractivity contribution in [3.8, 4) is 0 Å². The molecular weight excluding hydrogens is 398 g/mol. The van der Waals surface area contributed by atoms with Gasteiger partial charge < -0.3 is 5.32 Å². The van der Waals surface area contributed by atoms with Gasteiger partial charge >= 0.3 is 6.18 Å². The molecule has 0 aliphatic rings. The Morgan fingerprint density at radius 3 is 2.27 bits per heavy atom. The van der Waals surface area contributed by atoms with Crippen molar-refractivity contribution < 1.29 is 22.4 Å². The molecule has 0 spiro atoms. The largest absolute Gasteiger partial charge is 0.416 e. The summed E-state index contributed by atoms with van der Waals surface area (Å²) in [4.78, 5) is 12.5. The van der Waals surface area contributed by atoms with Crippen molar-refractivity contribution in [2.75, 3.05) is 5.32 Å². The molecule has 0 bridgehead atoms. The number of fused-ring (bicyclic) bond motifs is 1. The van der Waals surface area contributed by atoms with Gasteiger partial charge in [-0.25, -0.2) is 4.39 Å². The number of halogens is 4. The van der Waals surface area contributed by atoms with Gasteiger partial charge in [0, 0.05) is 10.9 Å². The zero-order valence-electron chi connectivity index (χ0n) is 15.4. The SMILES string of the molecule is O=C(Nc1nn(Cc2ccc(C(F)(F)F)cc2)c2ccccc12)c1ccc(F)cc1. The lowest BCUT2D eigenvalue weighted by molar-refractivity contribution is -0.137. The second kappa shape index (κ2) is 7.62. The van der Waals surface area contributed by atoms with Gasteiger partial charge in [-0.2, -0.15) is 18.3 Å². The van der Waals surface area contributed by atoms with Crippen LogP contribution < -0.4 is 5.32 Å². The highest BCUT2D eigenvalue weighted by Crippen LogP contribution is 2.29. The number of para-hydroxylation sites is 1. The highest BCUT2D eigenvalue weighted by Gasteiger charge is 2.30. The number of hydrogen-bond acceptors (Lipinski definition) is 2. The summed E-state index contributed by atoms with van der Waals surface area (Å²) in [6.07, 6.45) is -4.39. The van der Waals surface area contributed by atoms with Gasteiger partial charge in [0.25, 0.3) is 5.91 Å². The van der Waals surface area contributed by atoms with E-state index in [1.165, 1.54) is 36.4 Å². The first-order chi connectivity index (χ1) is 14.3. The van der Waals surface area contributed by atoms with Gasteiger partial charge in [-0.1, -0.05) is 24.3 Å². The molecule has 1 aromatic heterocycles. The van der Waals surface area contributed by atoms with Crippen molar-refractivity contribution >= 4 is 22.6 Å². The molecular formula is C22H15F4N3O. The Hall–Kier alpha value is -3.68. The molecule has 1 heterocycles. The minimum absolute atomic E-state index is 0.227. The Kier molecular flexibility index (Phi) is 4.99. The Bertz CT molecular complexity index is 1200. The van der Waals surface area contributed by atoms with Crippen LogP contribution in [0.4, 0.5) is 23.4 Å². The molecule has 4 rings (SSSR count). The fourth-order valence-corrected chi connectivity index (χ4v) is 3.09. The molecule has 0 atom stereocenters. The monoisotopic (exact) mass is 413 g/mol. The van der Waals surface area contributed by atoms with Gasteiger partial charge in [-0.05, 0) is 54.1 Å². The van der Waals surface area contributed by atoms with Crippen LogP contribution in [0.15, 0.2) is 72.8 Å². The lowest BCUT2D eigenvalue weighted by Crippen LogP contribution is -2.13. The van der Waals surface area contributed by atoms with Crippen LogP contribution in [0.5, 0.6) is 0 Å². The molecule has 1 amide bonds. The third-order valence-corrected chi connectivity index (χ3v) is 4.61. The van der Waals surface area contributed by atoms with E-state index in [9.17, 15) is 22.4 Å². The number of nitrogens with one attached hydrogen (secondary N) is 1. The topological polar surface area (TPSA) is 46.9 Å². The smallest absolute Gasteiger partial charge is 0.305 e. The maximum Gasteiger partial charge on any atom is 0.416 e. The lowest BCUT2D eigenvalue weighted by Gasteiger charge is -2.08. The normalized spacial score (nSPS) is 11.6. The van der Waals surface area contributed by atoms with Crippen LogP contribution >= 0.6 is 0 Å². The van der Waals surface area contributed by atoms with Gasteiger partial charge in [-0.3, -0.25) is 9.48 Å². The summed E-state index contributed by atoms with van der Waals surface area (Å²) < 4.78 is 53.0. The maximum atomic E-state index is 13.1. The van der Waals surface area contributed by atoms with Gasteiger partial charge in [0.2, 0.25) is 0 Å². The first-order valence-electron chi connectivity index (χ1n) is 9.00. The average Bonchev–Trinajstić information content (AvgIpc) is 3.05. The van der Waals surface area contributed by atoms with Gasteiger partial charge in [-0.15, -0.1) is 0 Å². The molecule has 0 aliphatic heterocycles. The van der Waals surface area contributed by atoms with E-state index >= 15 is 0 Å². The minimum Gasteiger partial charge on any atom is -0.305 e. The van der Waals surface area contributed by atoms with Gasteiger partial charge in [0.05, 0.1) is 17.6 Å². The van der Waals surface area contributed by atoms with Crippen molar-refractivity contribution in [3.05, 3.63) is 95.3 Å². The van der Waals surface area contributed by atoms with Crippen LogP contribution in [-0.2, 0) is 12.7 Å². The van der Waals surface area contributed by atoms with Crippen molar-refractivity contribution in [2.24, 2.45) is 0 Å². The molecule has 3 aromatic carbocycles. The number of rotatable bonds is 4. The molecule has 0 fully saturated rings. The average molecular weight is 413 g/mol. The van der Waals surface area contributed by atoms with Crippen LogP contribution in [0.1, 0.15) is 21.5 Å². The summed E-state index contributed by atoms with van der Waals surface area (Å²) in [5.41, 5.74) is 0.904. The van der Waals surface area contributed by atoms with E-state index in [2.05, 4.69) is 10.4 Å². The summed E-state index contributed by atoms with van der Waals surface area (Å²) in [5, 5.41) is 7.82. The fraction of sp³-hybridized carbons (Fsp3) is 0.0909. The highest BCUT2D eigenvalue weighted by molar-refractivity contribution is 6.07. The molecule has 4 nitrogen and oxygen atoms in total. The van der Waals surface area contributed by atoms with E-state index < -0.39 is 23.5 Å². The number of aromatic nitrogens is 2. The summed E-state index contributed by atoms with van der Waals surface area (Å²) in [7, 11) is 0. The summed E-state index contributed by atoms with van der Waals surface area (Å²) in [5.74, 6) is -0.579. The quantitative estimate of drug-likeness (QED) is 0.450. The molecule has 8 heteroatoms. The number of amides is 1. The highest BCUT2D eigenvalue weighted by atomic mass is 19.4. The summed E-state index contributed by atoms with van der Waals surface area (Å²) in [6.45, 7) is 0.227. The number of nitrogens with zero attached hydrogens (tertiary/aromatic N) is 2. The number of benzene rings is 3. The lowest BCUT2D eigenvalue weighted by atomic mass is 10.1. The first-order valence-corrected chi connectivity index (χ1v) is 9.00. The van der Waals surface area contributed by atoms with E-state index in [4.69, 9.17) is 0 Å². The van der Waals surface area contributed by atoms with Crippen LogP contribution in [-0.4, -0.2) is 15.7 Å². The van der Waals surface area contributed by atoms with E-state index in [-0.39, 0.29) is 12.1 Å². The molecule has 0 saturated carbocycles. The van der Waals surface area contributed by atoms with Crippen molar-refractivity contribution in [2.45, 2.75) is 12.7 Å². The first kappa shape index (κ1) is 19.6. The molecule has 0 unspecified atom stereocenters. The number of hydrogen-bond donors (Lipinski definition) is 1. The molecule has 30 heavy (non-hydrogen) atoms. The van der Waals surface area contributed by atoms with E-state index in [0.29, 0.717) is 22.3 Å². The number of anilines is 1. The van der Waals surface area contributed by atoms with Crippen molar-refractivity contribution in [3.63, 3.8) is 0 Å². The second-order valence-electron chi connectivity index (χ2n) is 6.68. The number of alkyl halides is 3.